The molecule has 0 unspecified atom stereocenters. The van der Waals surface area contributed by atoms with Gasteiger partial charge in [0.1, 0.15) is 5.82 Å². The number of hydrogen-bond acceptors (Lipinski definition) is 7. The van der Waals surface area contributed by atoms with E-state index in [4.69, 9.17) is 19.5 Å². The van der Waals surface area contributed by atoms with E-state index in [2.05, 4.69) is 10.2 Å². The van der Waals surface area contributed by atoms with Crippen molar-refractivity contribution in [1.82, 2.24) is 14.8 Å². The number of ether oxygens (including phenoxy) is 3. The van der Waals surface area contributed by atoms with E-state index < -0.39 is 5.82 Å². The summed E-state index contributed by atoms with van der Waals surface area (Å²) in [5.74, 6) is 1.41. The first-order valence-corrected chi connectivity index (χ1v) is 9.13. The van der Waals surface area contributed by atoms with Crippen molar-refractivity contribution in [2.24, 2.45) is 0 Å². The molecule has 0 N–H and O–H groups in total. The van der Waals surface area contributed by atoms with E-state index in [1.54, 1.807) is 34.9 Å². The molecule has 0 fully saturated rings. The highest BCUT2D eigenvalue weighted by molar-refractivity contribution is 7.99. The maximum atomic E-state index is 14.5. The molecule has 28 heavy (non-hydrogen) atoms. The minimum Gasteiger partial charge on any atom is -0.493 e. The highest BCUT2D eigenvalue weighted by Gasteiger charge is 2.22. The van der Waals surface area contributed by atoms with Crippen LogP contribution in [0.2, 0.25) is 0 Å². The predicted octanol–water partition coefficient (Wildman–Crippen LogP) is 3.71. The third kappa shape index (κ3) is 3.59. The van der Waals surface area contributed by atoms with Crippen LogP contribution in [-0.2, 0) is 0 Å². The molecule has 0 aliphatic rings. The number of nitrogens with zero attached hydrogens (tertiary/aromatic N) is 4. The Kier molecular flexibility index (Phi) is 6.01. The number of thioether (sulfide) groups is 1. The number of para-hydroxylation sites is 1. The molecule has 1 aromatic heterocycles. The molecule has 7 nitrogen and oxygen atoms in total. The second-order valence-electron chi connectivity index (χ2n) is 5.45. The number of benzene rings is 2. The Morgan fingerprint density at radius 1 is 1.07 bits per heavy atom. The van der Waals surface area contributed by atoms with Crippen LogP contribution >= 0.6 is 11.8 Å². The molecule has 3 aromatic rings. The van der Waals surface area contributed by atoms with Gasteiger partial charge >= 0.3 is 0 Å². The molecule has 3 rings (SSSR count). The minimum absolute atomic E-state index is 0.155. The zero-order chi connectivity index (χ0) is 20.1. The molecule has 0 amide bonds. The standard InChI is InChI=1S/C19H17FN4O3S/c1-25-15-10-12(11-16(26-2)17(15)27-3)18-22-23-19(28-9-8-21)24(18)14-7-5-4-6-13(14)20/h4-7,10-11H,9H2,1-3H3. The summed E-state index contributed by atoms with van der Waals surface area (Å²) >= 11 is 1.17. The van der Waals surface area contributed by atoms with Crippen molar-refractivity contribution >= 4 is 11.8 Å². The lowest BCUT2D eigenvalue weighted by molar-refractivity contribution is 0.324. The summed E-state index contributed by atoms with van der Waals surface area (Å²) in [5.41, 5.74) is 0.866. The van der Waals surface area contributed by atoms with Gasteiger partial charge in [-0.15, -0.1) is 10.2 Å². The van der Waals surface area contributed by atoms with Gasteiger partial charge in [0.15, 0.2) is 22.5 Å². The Morgan fingerprint density at radius 2 is 1.75 bits per heavy atom. The van der Waals surface area contributed by atoms with Crippen LogP contribution in [0.25, 0.3) is 17.1 Å². The predicted molar refractivity (Wildman–Crippen MR) is 103 cm³/mol. The third-order valence-corrected chi connectivity index (χ3v) is 4.71. The normalized spacial score (nSPS) is 10.4. The molecule has 0 atom stereocenters. The average Bonchev–Trinajstić information content (AvgIpc) is 3.14. The summed E-state index contributed by atoms with van der Waals surface area (Å²) in [6, 6.07) is 11.8. The van der Waals surface area contributed by atoms with Crippen LogP contribution in [0, 0.1) is 17.1 Å². The van der Waals surface area contributed by atoms with Gasteiger partial charge in [-0.05, 0) is 24.3 Å². The van der Waals surface area contributed by atoms with Crippen molar-refractivity contribution in [2.75, 3.05) is 27.1 Å². The van der Waals surface area contributed by atoms with Crippen LogP contribution in [0.3, 0.4) is 0 Å². The molecule has 0 spiro atoms. The highest BCUT2D eigenvalue weighted by atomic mass is 32.2. The zero-order valence-corrected chi connectivity index (χ0v) is 16.3. The van der Waals surface area contributed by atoms with E-state index in [1.807, 2.05) is 6.07 Å². The highest BCUT2D eigenvalue weighted by Crippen LogP contribution is 2.41. The Labute approximate surface area is 165 Å². The van der Waals surface area contributed by atoms with Crippen molar-refractivity contribution in [3.8, 4) is 40.4 Å². The first kappa shape index (κ1) is 19.5. The van der Waals surface area contributed by atoms with Gasteiger partial charge < -0.3 is 14.2 Å². The first-order chi connectivity index (χ1) is 13.6. The van der Waals surface area contributed by atoms with Gasteiger partial charge in [0, 0.05) is 5.56 Å². The molecule has 0 radical (unpaired) electrons. The maximum Gasteiger partial charge on any atom is 0.203 e. The molecule has 2 aromatic carbocycles. The molecule has 144 valence electrons. The summed E-state index contributed by atoms with van der Waals surface area (Å²) in [4.78, 5) is 0. The van der Waals surface area contributed by atoms with E-state index in [1.165, 1.54) is 39.2 Å². The van der Waals surface area contributed by atoms with Crippen molar-refractivity contribution in [3.05, 3.63) is 42.2 Å². The van der Waals surface area contributed by atoms with Gasteiger partial charge in [0.2, 0.25) is 5.75 Å². The van der Waals surface area contributed by atoms with Crippen LogP contribution in [-0.4, -0.2) is 41.8 Å². The van der Waals surface area contributed by atoms with Gasteiger partial charge in [-0.1, -0.05) is 23.9 Å². The largest absolute Gasteiger partial charge is 0.493 e. The molecule has 1 heterocycles. The van der Waals surface area contributed by atoms with E-state index >= 15 is 0 Å². The fraction of sp³-hybridized carbons (Fsp3) is 0.211. The maximum absolute atomic E-state index is 14.5. The number of methoxy groups -OCH3 is 3. The van der Waals surface area contributed by atoms with E-state index in [0.29, 0.717) is 33.8 Å². The summed E-state index contributed by atoms with van der Waals surface area (Å²) in [7, 11) is 4.53. The van der Waals surface area contributed by atoms with Gasteiger partial charge in [0.25, 0.3) is 0 Å². The number of aromatic nitrogens is 3. The Hall–Kier alpha value is -3.25. The van der Waals surface area contributed by atoms with Gasteiger partial charge in [0.05, 0.1) is 38.8 Å². The summed E-state index contributed by atoms with van der Waals surface area (Å²) in [5, 5.41) is 17.7. The van der Waals surface area contributed by atoms with Crippen LogP contribution in [0.4, 0.5) is 4.39 Å². The molecule has 9 heteroatoms. The molecular formula is C19H17FN4O3S. The molecular weight excluding hydrogens is 383 g/mol. The van der Waals surface area contributed by atoms with Crippen LogP contribution in [0.5, 0.6) is 17.2 Å². The molecule has 0 aliphatic heterocycles. The van der Waals surface area contributed by atoms with E-state index in [9.17, 15) is 4.39 Å². The molecule has 0 saturated heterocycles. The second kappa shape index (κ2) is 8.63. The van der Waals surface area contributed by atoms with E-state index in [-0.39, 0.29) is 11.4 Å². The number of nitriles is 1. The minimum atomic E-state index is -0.435. The van der Waals surface area contributed by atoms with Gasteiger partial charge in [-0.2, -0.15) is 5.26 Å². The van der Waals surface area contributed by atoms with Crippen LogP contribution in [0.15, 0.2) is 41.6 Å². The fourth-order valence-electron chi connectivity index (χ4n) is 2.71. The van der Waals surface area contributed by atoms with Crippen molar-refractivity contribution in [3.63, 3.8) is 0 Å². The SMILES string of the molecule is COc1cc(-c2nnc(SCC#N)n2-c2ccccc2F)cc(OC)c1OC. The summed E-state index contributed by atoms with van der Waals surface area (Å²) in [6.07, 6.45) is 0. The van der Waals surface area contributed by atoms with Crippen LogP contribution < -0.4 is 14.2 Å². The lowest BCUT2D eigenvalue weighted by atomic mass is 10.1. The zero-order valence-electron chi connectivity index (χ0n) is 15.5. The summed E-state index contributed by atoms with van der Waals surface area (Å²) in [6.45, 7) is 0. The number of rotatable bonds is 7. The van der Waals surface area contributed by atoms with Crippen molar-refractivity contribution in [1.29, 1.82) is 5.26 Å². The average molecular weight is 400 g/mol. The lowest BCUT2D eigenvalue weighted by Crippen LogP contribution is -2.03. The topological polar surface area (TPSA) is 82.2 Å². The monoisotopic (exact) mass is 400 g/mol. The Bertz CT molecular complexity index is 1010. The summed E-state index contributed by atoms with van der Waals surface area (Å²) < 4.78 is 32.3. The quantitative estimate of drug-likeness (QED) is 0.559. The van der Waals surface area contributed by atoms with Gasteiger partial charge in [-0.3, -0.25) is 4.57 Å². The van der Waals surface area contributed by atoms with Crippen LogP contribution in [0.1, 0.15) is 0 Å². The lowest BCUT2D eigenvalue weighted by Gasteiger charge is -2.15. The smallest absolute Gasteiger partial charge is 0.203 e. The molecule has 0 bridgehead atoms. The van der Waals surface area contributed by atoms with Gasteiger partial charge in [-0.25, -0.2) is 4.39 Å². The second-order valence-corrected chi connectivity index (χ2v) is 6.40. The molecule has 0 aliphatic carbocycles. The van der Waals surface area contributed by atoms with Crippen molar-refractivity contribution < 1.29 is 18.6 Å². The molecule has 0 saturated carbocycles. The Morgan fingerprint density at radius 3 is 2.32 bits per heavy atom. The third-order valence-electron chi connectivity index (χ3n) is 3.92. The van der Waals surface area contributed by atoms with Crippen molar-refractivity contribution in [2.45, 2.75) is 5.16 Å². The number of hydrogen-bond donors (Lipinski definition) is 0. The first-order valence-electron chi connectivity index (χ1n) is 8.15. The number of halogens is 1. The Balaban J connectivity index is 2.24. The fourth-order valence-corrected chi connectivity index (χ4v) is 3.31. The van der Waals surface area contributed by atoms with E-state index in [0.717, 1.165) is 0 Å².